The van der Waals surface area contributed by atoms with Crippen molar-refractivity contribution < 1.29 is 14.3 Å². The van der Waals surface area contributed by atoms with Crippen LogP contribution < -0.4 is 15.0 Å². The number of fused-ring (bicyclic) bond motifs is 2. The molecule has 0 unspecified atom stereocenters. The molecule has 3 heterocycles. The van der Waals surface area contributed by atoms with Crippen LogP contribution in [0.1, 0.15) is 46.6 Å². The molecule has 0 atom stereocenters. The Hall–Kier alpha value is -3.77. The maximum absolute atomic E-state index is 13.5. The van der Waals surface area contributed by atoms with E-state index in [4.69, 9.17) is 4.74 Å². The van der Waals surface area contributed by atoms with E-state index in [1.807, 2.05) is 12.1 Å². The summed E-state index contributed by atoms with van der Waals surface area (Å²) in [5.41, 5.74) is 3.08. The minimum Gasteiger partial charge on any atom is -0.494 e. The molecule has 34 heavy (non-hydrogen) atoms. The first-order chi connectivity index (χ1) is 16.5. The van der Waals surface area contributed by atoms with Gasteiger partial charge in [0.15, 0.2) is 5.01 Å². The summed E-state index contributed by atoms with van der Waals surface area (Å²) in [6, 6.07) is 5.57. The van der Waals surface area contributed by atoms with Crippen LogP contribution >= 0.6 is 11.3 Å². The number of nitrogens with one attached hydrogen (secondary N) is 1. The van der Waals surface area contributed by atoms with E-state index in [9.17, 15) is 9.59 Å². The highest BCUT2D eigenvalue weighted by Crippen LogP contribution is 2.58. The molecule has 0 radical (unpaired) electrons. The summed E-state index contributed by atoms with van der Waals surface area (Å²) in [4.78, 5) is 32.3. The lowest BCUT2D eigenvalue weighted by atomic mass is 9.90. The average Bonchev–Trinajstić information content (AvgIpc) is 3.78. The van der Waals surface area contributed by atoms with Crippen molar-refractivity contribution in [1.82, 2.24) is 15.2 Å². The largest absolute Gasteiger partial charge is 0.494 e. The fraction of sp³-hybridized carbons (Fsp3) is 0.320. The molecule has 2 saturated carbocycles. The van der Waals surface area contributed by atoms with Gasteiger partial charge in [0.05, 0.1) is 18.7 Å². The van der Waals surface area contributed by atoms with Crippen molar-refractivity contribution in [3.05, 3.63) is 46.7 Å². The molecule has 3 aliphatic rings. The number of hydrogen-bond acceptors (Lipinski definition) is 7. The molecule has 2 aliphatic carbocycles. The molecule has 2 amide bonds. The molecular weight excluding hydrogens is 450 g/mol. The third-order valence-electron chi connectivity index (χ3n) is 6.62. The van der Waals surface area contributed by atoms with Gasteiger partial charge < -0.3 is 9.64 Å². The summed E-state index contributed by atoms with van der Waals surface area (Å²) < 4.78 is 5.53. The lowest BCUT2D eigenvalue weighted by molar-refractivity contribution is -0.119. The number of carbonyl (C=O) groups excluding carboxylic acids is 2. The number of aromatic nitrogens is 3. The Labute approximate surface area is 200 Å². The van der Waals surface area contributed by atoms with Crippen LogP contribution in [-0.4, -0.2) is 41.2 Å². The van der Waals surface area contributed by atoms with Gasteiger partial charge in [-0.25, -0.2) is 0 Å². The van der Waals surface area contributed by atoms with Crippen molar-refractivity contribution in [3.8, 4) is 28.7 Å². The Morgan fingerprint density at radius 2 is 2.09 bits per heavy atom. The quantitative estimate of drug-likeness (QED) is 0.584. The first-order valence-corrected chi connectivity index (χ1v) is 11.9. The number of likely N-dealkylation sites (N-methyl/N-ethyl adjacent to an activating group) is 1. The van der Waals surface area contributed by atoms with Crippen molar-refractivity contribution in [2.24, 2.45) is 5.92 Å². The van der Waals surface area contributed by atoms with Crippen LogP contribution in [0.25, 0.3) is 11.1 Å². The zero-order valence-corrected chi connectivity index (χ0v) is 19.5. The van der Waals surface area contributed by atoms with Gasteiger partial charge in [-0.15, -0.1) is 10.2 Å². The monoisotopic (exact) mass is 471 g/mol. The van der Waals surface area contributed by atoms with Crippen LogP contribution in [-0.2, 0) is 10.2 Å². The summed E-state index contributed by atoms with van der Waals surface area (Å²) in [6.07, 6.45) is 7.17. The number of amides is 2. The summed E-state index contributed by atoms with van der Waals surface area (Å²) in [5.74, 6) is 6.93. The van der Waals surface area contributed by atoms with Gasteiger partial charge in [-0.2, -0.15) is 0 Å². The molecule has 1 spiro atoms. The van der Waals surface area contributed by atoms with Crippen LogP contribution in [0.3, 0.4) is 0 Å². The second-order valence-electron chi connectivity index (χ2n) is 8.85. The molecule has 1 aliphatic heterocycles. The number of hydrogen-bond donors (Lipinski definition) is 1. The van der Waals surface area contributed by atoms with Gasteiger partial charge in [-0.1, -0.05) is 17.3 Å². The molecule has 6 rings (SSSR count). The van der Waals surface area contributed by atoms with Gasteiger partial charge in [0.1, 0.15) is 5.75 Å². The van der Waals surface area contributed by atoms with E-state index in [2.05, 4.69) is 32.3 Å². The molecule has 2 aromatic heterocycles. The Bertz CT molecular complexity index is 1410. The third-order valence-corrected chi connectivity index (χ3v) is 7.38. The van der Waals surface area contributed by atoms with Gasteiger partial charge in [-0.3, -0.25) is 19.9 Å². The Morgan fingerprint density at radius 3 is 2.82 bits per heavy atom. The SMILES string of the molecule is COc1cnccc1-c1cc2c(cc1C(=O)Nc1nnc(C#CC3CC3)s1)N(C)C(=O)C21CC1. The first kappa shape index (κ1) is 20.8. The lowest BCUT2D eigenvalue weighted by Gasteiger charge is -2.16. The smallest absolute Gasteiger partial charge is 0.258 e. The lowest BCUT2D eigenvalue weighted by Crippen LogP contribution is -2.28. The van der Waals surface area contributed by atoms with E-state index >= 15 is 0 Å². The maximum Gasteiger partial charge on any atom is 0.258 e. The Kier molecular flexibility index (Phi) is 4.67. The second kappa shape index (κ2) is 7.64. The van der Waals surface area contributed by atoms with Crippen LogP contribution in [0.2, 0.25) is 0 Å². The normalized spacial score (nSPS) is 17.2. The number of benzene rings is 1. The highest BCUT2D eigenvalue weighted by Gasteiger charge is 2.58. The number of pyridine rings is 1. The second-order valence-corrected chi connectivity index (χ2v) is 9.82. The number of anilines is 2. The van der Waals surface area contributed by atoms with Crippen LogP contribution in [0, 0.1) is 17.8 Å². The number of methoxy groups -OCH3 is 1. The molecule has 0 bridgehead atoms. The van der Waals surface area contributed by atoms with Gasteiger partial charge in [-0.05, 0) is 60.9 Å². The van der Waals surface area contributed by atoms with E-state index in [-0.39, 0.29) is 11.8 Å². The molecule has 8 nitrogen and oxygen atoms in total. The zero-order valence-electron chi connectivity index (χ0n) is 18.7. The average molecular weight is 472 g/mol. The van der Waals surface area contributed by atoms with Crippen LogP contribution in [0.4, 0.5) is 10.8 Å². The molecule has 3 aromatic rings. The highest BCUT2D eigenvalue weighted by atomic mass is 32.1. The van der Waals surface area contributed by atoms with E-state index in [0.717, 1.165) is 42.5 Å². The molecule has 9 heteroatoms. The van der Waals surface area contributed by atoms with Crippen LogP contribution in [0.5, 0.6) is 5.75 Å². The number of nitrogens with zero attached hydrogens (tertiary/aromatic N) is 4. The number of ether oxygens (including phenoxy) is 1. The summed E-state index contributed by atoms with van der Waals surface area (Å²) >= 11 is 1.24. The molecular formula is C25H21N5O3S. The minimum atomic E-state index is -0.470. The van der Waals surface area contributed by atoms with E-state index in [1.165, 1.54) is 11.3 Å². The van der Waals surface area contributed by atoms with Crippen molar-refractivity contribution in [3.63, 3.8) is 0 Å². The van der Waals surface area contributed by atoms with Gasteiger partial charge in [0.25, 0.3) is 5.91 Å². The first-order valence-electron chi connectivity index (χ1n) is 11.1. The Morgan fingerprint density at radius 1 is 1.26 bits per heavy atom. The highest BCUT2D eigenvalue weighted by molar-refractivity contribution is 7.15. The fourth-order valence-corrected chi connectivity index (χ4v) is 5.06. The van der Waals surface area contributed by atoms with Crippen molar-refractivity contribution in [2.45, 2.75) is 31.1 Å². The molecule has 2 fully saturated rings. The van der Waals surface area contributed by atoms with Crippen molar-refractivity contribution in [1.29, 1.82) is 0 Å². The van der Waals surface area contributed by atoms with E-state index in [0.29, 0.717) is 32.9 Å². The van der Waals surface area contributed by atoms with Gasteiger partial charge in [0.2, 0.25) is 11.0 Å². The third kappa shape index (κ3) is 3.33. The zero-order chi connectivity index (χ0) is 23.4. The Balaban J connectivity index is 1.42. The van der Waals surface area contributed by atoms with Gasteiger partial charge in [0, 0.05) is 36.0 Å². The van der Waals surface area contributed by atoms with Crippen molar-refractivity contribution in [2.75, 3.05) is 24.4 Å². The predicted octanol–water partition coefficient (Wildman–Crippen LogP) is 3.63. The maximum atomic E-state index is 13.5. The summed E-state index contributed by atoms with van der Waals surface area (Å²) in [5, 5.41) is 12.0. The van der Waals surface area contributed by atoms with E-state index < -0.39 is 5.41 Å². The molecule has 0 saturated heterocycles. The van der Waals surface area contributed by atoms with Gasteiger partial charge >= 0.3 is 0 Å². The topological polar surface area (TPSA) is 97.3 Å². The fourth-order valence-electron chi connectivity index (χ4n) is 4.46. The molecule has 170 valence electrons. The molecule has 1 N–H and O–H groups in total. The summed E-state index contributed by atoms with van der Waals surface area (Å²) in [6.45, 7) is 0. The predicted molar refractivity (Wildman–Crippen MR) is 128 cm³/mol. The minimum absolute atomic E-state index is 0.0794. The van der Waals surface area contributed by atoms with Crippen LogP contribution in [0.15, 0.2) is 30.6 Å². The number of carbonyl (C=O) groups is 2. The summed E-state index contributed by atoms with van der Waals surface area (Å²) in [7, 11) is 3.33. The number of rotatable bonds is 4. The standard InChI is InChI=1S/C25H21N5O3S/c1-30-19-12-17(22(31)27-24-29-28-21(34-24)6-5-14-3-4-14)16(15-7-10-26-13-20(15)33-2)11-18(19)25(8-9-25)23(30)32/h7,10-14H,3-4,8-9H2,1-2H3,(H,27,29,31). The molecule has 1 aromatic carbocycles. The van der Waals surface area contributed by atoms with E-state index in [1.54, 1.807) is 37.5 Å². The van der Waals surface area contributed by atoms with Crippen molar-refractivity contribution >= 4 is 34.0 Å².